The van der Waals surface area contributed by atoms with Gasteiger partial charge < -0.3 is 10.2 Å². The smallest absolute Gasteiger partial charge is 0.281 e. The zero-order valence-electron chi connectivity index (χ0n) is 9.32. The normalized spacial score (nSPS) is 11.7. The van der Waals surface area contributed by atoms with Crippen LogP contribution in [0.25, 0.3) is 0 Å². The van der Waals surface area contributed by atoms with Crippen LogP contribution in [-0.2, 0) is 10.0 Å². The van der Waals surface area contributed by atoms with Crippen molar-refractivity contribution in [3.05, 3.63) is 24.1 Å². The fourth-order valence-electron chi connectivity index (χ4n) is 1.27. The van der Waals surface area contributed by atoms with Crippen LogP contribution in [0.5, 0.6) is 0 Å². The zero-order chi connectivity index (χ0) is 13.3. The van der Waals surface area contributed by atoms with E-state index in [1.807, 2.05) is 0 Å². The van der Waals surface area contributed by atoms with Crippen molar-refractivity contribution in [1.29, 1.82) is 0 Å². The highest BCUT2D eigenvalue weighted by Gasteiger charge is 2.13. The lowest BCUT2D eigenvalue weighted by atomic mass is 10.3. The van der Waals surface area contributed by atoms with Crippen molar-refractivity contribution in [3.8, 4) is 0 Å². The molecule has 0 aliphatic carbocycles. The van der Waals surface area contributed by atoms with Gasteiger partial charge in [-0.25, -0.2) is 13.6 Å². The maximum absolute atomic E-state index is 11.2. The highest BCUT2D eigenvalue weighted by Crippen LogP contribution is 2.30. The lowest BCUT2D eigenvalue weighted by Crippen LogP contribution is -2.14. The molecular formula is C9H10N4O3S2. The van der Waals surface area contributed by atoms with Crippen molar-refractivity contribution in [2.75, 3.05) is 5.73 Å². The molecule has 1 aromatic heterocycles. The molecule has 0 saturated carbocycles. The number of nitrogens with two attached hydrogens (primary N) is 2. The highest BCUT2D eigenvalue weighted by molar-refractivity contribution is 7.99. The van der Waals surface area contributed by atoms with E-state index in [1.54, 1.807) is 13.0 Å². The molecule has 0 saturated heterocycles. The summed E-state index contributed by atoms with van der Waals surface area (Å²) in [6.45, 7) is 1.68. The third-order valence-corrected chi connectivity index (χ3v) is 3.81. The van der Waals surface area contributed by atoms with Gasteiger partial charge in [0.1, 0.15) is 4.90 Å². The van der Waals surface area contributed by atoms with E-state index in [9.17, 15) is 8.42 Å². The number of primary sulfonamides is 1. The fourth-order valence-corrected chi connectivity index (χ4v) is 2.68. The van der Waals surface area contributed by atoms with Gasteiger partial charge in [-0.3, -0.25) is 0 Å². The van der Waals surface area contributed by atoms with Crippen molar-refractivity contribution >= 4 is 27.5 Å². The number of rotatable bonds is 3. The molecule has 96 valence electrons. The minimum absolute atomic E-state index is 0.0822. The predicted octanol–water partition coefficient (Wildman–Crippen LogP) is 0.759. The van der Waals surface area contributed by atoms with E-state index in [0.29, 0.717) is 16.0 Å². The molecule has 0 amide bonds. The number of sulfonamides is 1. The molecule has 1 heterocycles. The molecule has 0 fully saturated rings. The Hall–Kier alpha value is -1.58. The zero-order valence-corrected chi connectivity index (χ0v) is 11.0. The average Bonchev–Trinajstić information content (AvgIpc) is 2.62. The van der Waals surface area contributed by atoms with Crippen LogP contribution < -0.4 is 10.9 Å². The minimum Gasteiger partial charge on any atom is -0.416 e. The maximum Gasteiger partial charge on any atom is 0.281 e. The summed E-state index contributed by atoms with van der Waals surface area (Å²) in [5, 5.41) is 12.8. The van der Waals surface area contributed by atoms with Gasteiger partial charge >= 0.3 is 0 Å². The number of aryl methyl sites for hydroxylation is 1. The third-order valence-electron chi connectivity index (χ3n) is 2.00. The summed E-state index contributed by atoms with van der Waals surface area (Å²) in [5.41, 5.74) is 5.71. The van der Waals surface area contributed by atoms with E-state index in [1.165, 1.54) is 23.9 Å². The Labute approximate surface area is 108 Å². The molecule has 18 heavy (non-hydrogen) atoms. The van der Waals surface area contributed by atoms with Crippen LogP contribution in [0.1, 0.15) is 5.89 Å². The van der Waals surface area contributed by atoms with Gasteiger partial charge in [-0.15, -0.1) is 10.2 Å². The summed E-state index contributed by atoms with van der Waals surface area (Å²) < 4.78 is 27.5. The van der Waals surface area contributed by atoms with E-state index in [0.717, 1.165) is 0 Å². The van der Waals surface area contributed by atoms with Crippen LogP contribution >= 0.6 is 11.8 Å². The van der Waals surface area contributed by atoms with Gasteiger partial charge in [0.25, 0.3) is 5.22 Å². The molecule has 1 aromatic carbocycles. The average molecular weight is 286 g/mol. The second-order valence-corrected chi connectivity index (χ2v) is 5.99. The number of hydrogen-bond donors (Lipinski definition) is 2. The Morgan fingerprint density at radius 1 is 1.33 bits per heavy atom. The number of aromatic nitrogens is 2. The van der Waals surface area contributed by atoms with Crippen molar-refractivity contribution in [2.45, 2.75) is 21.9 Å². The standard InChI is InChI=1S/C9H10N4O3S2/c1-5-12-13-9(16-5)17-6-2-3-8(7(10)4-6)18(11,14)15/h2-4H,10H2,1H3,(H2,11,14,15). The summed E-state index contributed by atoms with van der Waals surface area (Å²) in [6, 6.07) is 4.40. The molecule has 0 spiro atoms. The van der Waals surface area contributed by atoms with Gasteiger partial charge in [0, 0.05) is 11.8 Å². The van der Waals surface area contributed by atoms with Crippen molar-refractivity contribution in [3.63, 3.8) is 0 Å². The lowest BCUT2D eigenvalue weighted by molar-refractivity contribution is 0.429. The van der Waals surface area contributed by atoms with Crippen LogP contribution in [0.4, 0.5) is 5.69 Å². The first-order valence-corrected chi connectivity index (χ1v) is 7.13. The van der Waals surface area contributed by atoms with Crippen LogP contribution in [-0.4, -0.2) is 18.6 Å². The van der Waals surface area contributed by atoms with E-state index < -0.39 is 10.0 Å². The van der Waals surface area contributed by atoms with Gasteiger partial charge in [-0.1, -0.05) is 0 Å². The van der Waals surface area contributed by atoms with Crippen LogP contribution in [0, 0.1) is 6.92 Å². The van der Waals surface area contributed by atoms with Gasteiger partial charge in [0.2, 0.25) is 15.9 Å². The summed E-state index contributed by atoms with van der Waals surface area (Å²) in [4.78, 5) is 0.581. The molecule has 0 aliphatic heterocycles. The first-order chi connectivity index (χ1) is 8.36. The van der Waals surface area contributed by atoms with Gasteiger partial charge in [0.05, 0.1) is 5.69 Å². The molecule has 0 bridgehead atoms. The van der Waals surface area contributed by atoms with Crippen LogP contribution in [0.15, 0.2) is 37.6 Å². The monoisotopic (exact) mass is 286 g/mol. The molecule has 2 aromatic rings. The molecule has 0 atom stereocenters. The predicted molar refractivity (Wildman–Crippen MR) is 65.4 cm³/mol. The number of hydrogen-bond acceptors (Lipinski definition) is 7. The van der Waals surface area contributed by atoms with Gasteiger partial charge in [-0.05, 0) is 30.0 Å². The molecular weight excluding hydrogens is 276 g/mol. The maximum atomic E-state index is 11.2. The first kappa shape index (κ1) is 12.9. The topological polar surface area (TPSA) is 125 Å². The van der Waals surface area contributed by atoms with E-state index in [2.05, 4.69) is 10.2 Å². The van der Waals surface area contributed by atoms with Crippen molar-refractivity contribution < 1.29 is 12.8 Å². The molecule has 7 nitrogen and oxygen atoms in total. The fraction of sp³-hybridized carbons (Fsp3) is 0.111. The summed E-state index contributed by atoms with van der Waals surface area (Å²) in [6.07, 6.45) is 0. The van der Waals surface area contributed by atoms with Crippen molar-refractivity contribution in [2.24, 2.45) is 5.14 Å². The Morgan fingerprint density at radius 3 is 2.56 bits per heavy atom. The van der Waals surface area contributed by atoms with Gasteiger partial charge in [0.15, 0.2) is 0 Å². The molecule has 0 unspecified atom stereocenters. The molecule has 2 rings (SSSR count). The van der Waals surface area contributed by atoms with E-state index in [4.69, 9.17) is 15.3 Å². The third kappa shape index (κ3) is 2.81. The van der Waals surface area contributed by atoms with E-state index >= 15 is 0 Å². The highest BCUT2D eigenvalue weighted by atomic mass is 32.2. The summed E-state index contributed by atoms with van der Waals surface area (Å²) in [5.74, 6) is 0.451. The second kappa shape index (κ2) is 4.59. The molecule has 9 heteroatoms. The number of benzene rings is 1. The molecule has 0 aliphatic rings. The SMILES string of the molecule is Cc1nnc(Sc2ccc(S(N)(=O)=O)c(N)c2)o1. The lowest BCUT2D eigenvalue weighted by Gasteiger charge is -2.04. The van der Waals surface area contributed by atoms with E-state index in [-0.39, 0.29) is 10.6 Å². The Kier molecular flexibility index (Phi) is 3.28. The van der Waals surface area contributed by atoms with Crippen LogP contribution in [0.3, 0.4) is 0 Å². The van der Waals surface area contributed by atoms with Crippen LogP contribution in [0.2, 0.25) is 0 Å². The second-order valence-electron chi connectivity index (χ2n) is 3.43. The van der Waals surface area contributed by atoms with Gasteiger partial charge in [-0.2, -0.15) is 0 Å². The Bertz CT molecular complexity index is 681. The Balaban J connectivity index is 2.30. The Morgan fingerprint density at radius 2 is 2.06 bits per heavy atom. The largest absolute Gasteiger partial charge is 0.416 e. The number of nitrogens with zero attached hydrogens (tertiary/aromatic N) is 2. The molecule has 0 radical (unpaired) electrons. The first-order valence-electron chi connectivity index (χ1n) is 4.76. The molecule has 4 N–H and O–H groups in total. The number of anilines is 1. The number of nitrogen functional groups attached to an aromatic ring is 1. The van der Waals surface area contributed by atoms with Crippen molar-refractivity contribution in [1.82, 2.24) is 10.2 Å². The summed E-state index contributed by atoms with van der Waals surface area (Å²) in [7, 11) is -3.80. The summed E-state index contributed by atoms with van der Waals surface area (Å²) >= 11 is 1.19. The minimum atomic E-state index is -3.80. The quantitative estimate of drug-likeness (QED) is 0.798.